The average molecular weight is 432 g/mol. The van der Waals surface area contributed by atoms with Gasteiger partial charge in [-0.15, -0.1) is 0 Å². The van der Waals surface area contributed by atoms with Crippen LogP contribution in [-0.4, -0.2) is 39.4 Å². The van der Waals surface area contributed by atoms with Crippen LogP contribution in [-0.2, 0) is 9.59 Å². The Hall–Kier alpha value is -2.58. The van der Waals surface area contributed by atoms with Crippen molar-refractivity contribution in [2.45, 2.75) is 26.3 Å². The summed E-state index contributed by atoms with van der Waals surface area (Å²) in [4.78, 5) is 26.0. The minimum absolute atomic E-state index is 0.113. The Bertz CT molecular complexity index is 962. The maximum Gasteiger partial charge on any atom is 0.326 e. The van der Waals surface area contributed by atoms with Crippen LogP contribution in [0.5, 0.6) is 5.75 Å². The van der Waals surface area contributed by atoms with Crippen LogP contribution in [0.2, 0.25) is 0 Å². The molecule has 29 heavy (non-hydrogen) atoms. The molecule has 1 saturated heterocycles. The van der Waals surface area contributed by atoms with E-state index >= 15 is 0 Å². The van der Waals surface area contributed by atoms with Crippen LogP contribution >= 0.6 is 24.0 Å². The number of carbonyl (C=O) groups excluding carboxylic acids is 1. The highest BCUT2D eigenvalue weighted by Crippen LogP contribution is 2.36. The predicted molar refractivity (Wildman–Crippen MR) is 117 cm³/mol. The Kier molecular flexibility index (Phi) is 6.44. The van der Waals surface area contributed by atoms with Gasteiger partial charge in [-0.25, -0.2) is 4.79 Å². The van der Waals surface area contributed by atoms with E-state index in [0.717, 1.165) is 23.1 Å². The largest absolute Gasteiger partial charge is 0.497 e. The summed E-state index contributed by atoms with van der Waals surface area (Å²) in [6.07, 6.45) is 1.93. The second-order valence-corrected chi connectivity index (χ2v) is 8.64. The minimum atomic E-state index is -1.06. The fraction of sp³-hybridized carbons (Fsp3) is 0.286. The fourth-order valence-electron chi connectivity index (χ4n) is 2.98. The zero-order chi connectivity index (χ0) is 21.1. The van der Waals surface area contributed by atoms with E-state index in [1.54, 1.807) is 19.3 Å². The highest BCUT2D eigenvalue weighted by molar-refractivity contribution is 8.26. The number of amides is 1. The Morgan fingerprint density at radius 1 is 1.28 bits per heavy atom. The normalized spacial score (nSPS) is 16.7. The number of nitrogens with zero attached hydrogens (tertiary/aromatic N) is 1. The standard InChI is InChI=1S/C21H21NO5S2/c1-12(2)10-16(20(24)25)22-19(23)18(29-21(22)28)11-15-8-9-17(27-15)13-4-6-14(26-3)7-5-13/h4-9,11-12,16H,10H2,1-3H3,(H,24,25)/b18-11-/t16-/m0/s1. The Labute approximate surface area is 178 Å². The number of hydrogen-bond donors (Lipinski definition) is 1. The maximum absolute atomic E-state index is 12.8. The summed E-state index contributed by atoms with van der Waals surface area (Å²) in [5.74, 6) is 0.539. The van der Waals surface area contributed by atoms with Crippen LogP contribution < -0.4 is 4.74 Å². The lowest BCUT2D eigenvalue weighted by Gasteiger charge is -2.24. The molecule has 1 aromatic heterocycles. The van der Waals surface area contributed by atoms with Gasteiger partial charge in [0.05, 0.1) is 12.0 Å². The SMILES string of the molecule is COc1ccc(-c2ccc(/C=C3\SC(=S)N([C@@H](CC(C)C)C(=O)O)C3=O)o2)cc1. The van der Waals surface area contributed by atoms with Crippen LogP contribution in [0.25, 0.3) is 17.4 Å². The topological polar surface area (TPSA) is 80.0 Å². The number of thiocarbonyl (C=S) groups is 1. The molecule has 1 atom stereocenters. The summed E-state index contributed by atoms with van der Waals surface area (Å²) in [5, 5.41) is 9.55. The van der Waals surface area contributed by atoms with Crippen molar-refractivity contribution in [3.8, 4) is 17.1 Å². The fourth-order valence-corrected chi connectivity index (χ4v) is 4.32. The molecule has 8 heteroatoms. The van der Waals surface area contributed by atoms with Gasteiger partial charge < -0.3 is 14.3 Å². The number of ether oxygens (including phenoxy) is 1. The third-order valence-corrected chi connectivity index (χ3v) is 5.72. The smallest absolute Gasteiger partial charge is 0.326 e. The molecule has 0 unspecified atom stereocenters. The number of hydrogen-bond acceptors (Lipinski definition) is 6. The van der Waals surface area contributed by atoms with E-state index in [4.69, 9.17) is 21.4 Å². The molecule has 6 nitrogen and oxygen atoms in total. The van der Waals surface area contributed by atoms with E-state index in [-0.39, 0.29) is 10.2 Å². The highest BCUT2D eigenvalue weighted by Gasteiger charge is 2.40. The number of rotatable bonds is 7. The summed E-state index contributed by atoms with van der Waals surface area (Å²) >= 11 is 6.37. The van der Waals surface area contributed by atoms with E-state index in [2.05, 4.69) is 0 Å². The summed E-state index contributed by atoms with van der Waals surface area (Å²) in [5.41, 5.74) is 0.876. The van der Waals surface area contributed by atoms with Gasteiger partial charge in [-0.2, -0.15) is 0 Å². The number of aliphatic carboxylic acids is 1. The van der Waals surface area contributed by atoms with Gasteiger partial charge in [-0.3, -0.25) is 9.69 Å². The van der Waals surface area contributed by atoms with Crippen LogP contribution in [0, 0.1) is 5.92 Å². The summed E-state index contributed by atoms with van der Waals surface area (Å²) in [6, 6.07) is 10.0. The van der Waals surface area contributed by atoms with E-state index in [1.807, 2.05) is 44.2 Å². The first-order valence-electron chi connectivity index (χ1n) is 9.04. The van der Waals surface area contributed by atoms with Crippen molar-refractivity contribution in [1.29, 1.82) is 0 Å². The van der Waals surface area contributed by atoms with Crippen molar-refractivity contribution < 1.29 is 23.8 Å². The number of benzene rings is 1. The predicted octanol–water partition coefficient (Wildman–Crippen LogP) is 4.66. The summed E-state index contributed by atoms with van der Waals surface area (Å²) in [6.45, 7) is 3.82. The van der Waals surface area contributed by atoms with E-state index in [9.17, 15) is 14.7 Å². The molecule has 0 spiro atoms. The van der Waals surface area contributed by atoms with Crippen LogP contribution in [0.1, 0.15) is 26.0 Å². The summed E-state index contributed by atoms with van der Waals surface area (Å²) < 4.78 is 11.2. The number of methoxy groups -OCH3 is 1. The number of furan rings is 1. The van der Waals surface area contributed by atoms with Gasteiger partial charge in [0.2, 0.25) is 0 Å². The second-order valence-electron chi connectivity index (χ2n) is 6.97. The van der Waals surface area contributed by atoms with Crippen LogP contribution in [0.4, 0.5) is 0 Å². The molecule has 1 N–H and O–H groups in total. The van der Waals surface area contributed by atoms with E-state index in [1.165, 1.54) is 4.90 Å². The van der Waals surface area contributed by atoms with Gasteiger partial charge >= 0.3 is 5.97 Å². The molecule has 0 radical (unpaired) electrons. The molecule has 0 aliphatic carbocycles. The quantitative estimate of drug-likeness (QED) is 0.505. The molecule has 2 aromatic rings. The maximum atomic E-state index is 12.8. The summed E-state index contributed by atoms with van der Waals surface area (Å²) in [7, 11) is 1.60. The van der Waals surface area contributed by atoms with Gasteiger partial charge in [0, 0.05) is 11.6 Å². The van der Waals surface area contributed by atoms with Crippen molar-refractivity contribution in [1.82, 2.24) is 4.90 Å². The molecular weight excluding hydrogens is 410 g/mol. The van der Waals surface area contributed by atoms with Crippen molar-refractivity contribution in [3.05, 3.63) is 47.1 Å². The van der Waals surface area contributed by atoms with E-state index in [0.29, 0.717) is 22.8 Å². The molecule has 0 bridgehead atoms. The zero-order valence-electron chi connectivity index (χ0n) is 16.2. The molecule has 1 fully saturated rings. The molecule has 1 aromatic carbocycles. The molecule has 1 aliphatic heterocycles. The highest BCUT2D eigenvalue weighted by atomic mass is 32.2. The van der Waals surface area contributed by atoms with Crippen molar-refractivity contribution in [2.24, 2.45) is 5.92 Å². The monoisotopic (exact) mass is 431 g/mol. The van der Waals surface area contributed by atoms with Gasteiger partial charge in [0.25, 0.3) is 5.91 Å². The Balaban J connectivity index is 1.82. The molecular formula is C21H21NO5S2. The van der Waals surface area contributed by atoms with Crippen molar-refractivity contribution >= 4 is 46.3 Å². The molecule has 1 amide bonds. The first-order chi connectivity index (χ1) is 13.8. The molecule has 0 saturated carbocycles. The Morgan fingerprint density at radius 3 is 2.55 bits per heavy atom. The van der Waals surface area contributed by atoms with Gasteiger partial charge in [0.15, 0.2) is 0 Å². The third-order valence-electron chi connectivity index (χ3n) is 4.39. The first-order valence-corrected chi connectivity index (χ1v) is 10.3. The van der Waals surface area contributed by atoms with Crippen LogP contribution in [0.3, 0.4) is 0 Å². The number of carbonyl (C=O) groups is 2. The lowest BCUT2D eigenvalue weighted by molar-refractivity contribution is -0.145. The number of carboxylic acids is 1. The average Bonchev–Trinajstić information content (AvgIpc) is 3.25. The lowest BCUT2D eigenvalue weighted by atomic mass is 10.0. The number of thioether (sulfide) groups is 1. The Morgan fingerprint density at radius 2 is 1.97 bits per heavy atom. The number of carboxylic acid groups (broad SMARTS) is 1. The molecule has 152 valence electrons. The molecule has 1 aliphatic rings. The second kappa shape index (κ2) is 8.84. The van der Waals surface area contributed by atoms with Crippen LogP contribution in [0.15, 0.2) is 45.7 Å². The lowest BCUT2D eigenvalue weighted by Crippen LogP contribution is -2.44. The van der Waals surface area contributed by atoms with Gasteiger partial charge in [-0.05, 0) is 48.7 Å². The van der Waals surface area contributed by atoms with Gasteiger partial charge in [0.1, 0.15) is 27.6 Å². The van der Waals surface area contributed by atoms with Crippen molar-refractivity contribution in [2.75, 3.05) is 7.11 Å². The van der Waals surface area contributed by atoms with E-state index < -0.39 is 17.9 Å². The van der Waals surface area contributed by atoms with Crippen molar-refractivity contribution in [3.63, 3.8) is 0 Å². The molecule has 2 heterocycles. The molecule has 3 rings (SSSR count). The zero-order valence-corrected chi connectivity index (χ0v) is 17.9. The minimum Gasteiger partial charge on any atom is -0.497 e. The third kappa shape index (κ3) is 4.71. The van der Waals surface area contributed by atoms with Gasteiger partial charge in [-0.1, -0.05) is 37.8 Å². The first kappa shape index (κ1) is 21.1.